The van der Waals surface area contributed by atoms with Crippen molar-refractivity contribution < 1.29 is 23.1 Å². The van der Waals surface area contributed by atoms with Gasteiger partial charge in [-0.25, -0.2) is 8.42 Å². The fourth-order valence-electron chi connectivity index (χ4n) is 2.00. The van der Waals surface area contributed by atoms with Gasteiger partial charge in [0.2, 0.25) is 11.8 Å². The van der Waals surface area contributed by atoms with Crippen LogP contribution >= 0.6 is 0 Å². The molecule has 2 amide bonds. The number of rotatable bonds is 3. The van der Waals surface area contributed by atoms with Crippen molar-refractivity contribution in [2.45, 2.75) is 24.7 Å². The summed E-state index contributed by atoms with van der Waals surface area (Å²) in [6, 6.07) is 4.50. The molecule has 2 unspecified atom stereocenters. The summed E-state index contributed by atoms with van der Waals surface area (Å²) >= 11 is 0. The molecule has 1 aromatic carbocycles. The van der Waals surface area contributed by atoms with Crippen molar-refractivity contribution in [3.63, 3.8) is 0 Å². The Bertz CT molecular complexity index is 699. The number of aliphatic hydroxyl groups excluding tert-OH is 1. The standard InChI is InChI=1S/C13H16N2O5S/c1-7(21(2,19)20)13(18)8-3-4-9-10(5-8)15-12(17)6-11(16)14-9/h3-5,7,13,18H,6H2,1-2H3,(H,14,16)(H,15,17). The van der Waals surface area contributed by atoms with Crippen LogP contribution in [0.25, 0.3) is 0 Å². The maximum absolute atomic E-state index is 11.5. The predicted octanol–water partition coefficient (Wildman–Crippen LogP) is 0.434. The van der Waals surface area contributed by atoms with Crippen LogP contribution in [0.4, 0.5) is 11.4 Å². The number of benzene rings is 1. The van der Waals surface area contributed by atoms with E-state index in [1.165, 1.54) is 25.1 Å². The highest BCUT2D eigenvalue weighted by molar-refractivity contribution is 7.91. The summed E-state index contributed by atoms with van der Waals surface area (Å²) in [6.07, 6.45) is -0.459. The molecule has 2 rings (SSSR count). The first-order valence-electron chi connectivity index (χ1n) is 6.29. The highest BCUT2D eigenvalue weighted by atomic mass is 32.2. The first kappa shape index (κ1) is 15.5. The molecule has 0 fully saturated rings. The van der Waals surface area contributed by atoms with Gasteiger partial charge in [-0.05, 0) is 24.6 Å². The Morgan fingerprint density at radius 1 is 1.14 bits per heavy atom. The number of hydrogen-bond donors (Lipinski definition) is 3. The molecule has 114 valence electrons. The van der Waals surface area contributed by atoms with Crippen molar-refractivity contribution in [3.05, 3.63) is 23.8 Å². The number of fused-ring (bicyclic) bond motifs is 1. The second-order valence-electron chi connectivity index (χ2n) is 5.06. The van der Waals surface area contributed by atoms with E-state index < -0.39 is 33.0 Å². The number of nitrogens with one attached hydrogen (secondary N) is 2. The van der Waals surface area contributed by atoms with Gasteiger partial charge < -0.3 is 15.7 Å². The zero-order chi connectivity index (χ0) is 15.8. The van der Waals surface area contributed by atoms with Crippen LogP contribution in [0.15, 0.2) is 18.2 Å². The van der Waals surface area contributed by atoms with Crippen molar-refractivity contribution in [1.82, 2.24) is 0 Å². The van der Waals surface area contributed by atoms with E-state index in [0.717, 1.165) is 6.26 Å². The van der Waals surface area contributed by atoms with Gasteiger partial charge in [0.25, 0.3) is 0 Å². The number of sulfone groups is 1. The highest BCUT2D eigenvalue weighted by Crippen LogP contribution is 2.30. The summed E-state index contributed by atoms with van der Waals surface area (Å²) in [5.74, 6) is -0.891. The van der Waals surface area contributed by atoms with Gasteiger partial charge in [0.05, 0.1) is 22.7 Å². The molecule has 21 heavy (non-hydrogen) atoms. The molecule has 8 heteroatoms. The van der Waals surface area contributed by atoms with Crippen molar-refractivity contribution >= 4 is 33.0 Å². The molecule has 0 bridgehead atoms. The first-order valence-corrected chi connectivity index (χ1v) is 8.24. The molecule has 0 aromatic heterocycles. The van der Waals surface area contributed by atoms with E-state index in [-0.39, 0.29) is 6.42 Å². The molecule has 2 atom stereocenters. The van der Waals surface area contributed by atoms with Crippen molar-refractivity contribution in [3.8, 4) is 0 Å². The van der Waals surface area contributed by atoms with E-state index in [1.807, 2.05) is 0 Å². The second-order valence-corrected chi connectivity index (χ2v) is 7.46. The Hall–Kier alpha value is -1.93. The quantitative estimate of drug-likeness (QED) is 0.701. The minimum atomic E-state index is -3.41. The van der Waals surface area contributed by atoms with Crippen LogP contribution in [0.3, 0.4) is 0 Å². The van der Waals surface area contributed by atoms with Crippen LogP contribution in [0.1, 0.15) is 25.0 Å². The van der Waals surface area contributed by atoms with Crippen LogP contribution in [0, 0.1) is 0 Å². The van der Waals surface area contributed by atoms with Crippen LogP contribution in [0.5, 0.6) is 0 Å². The minimum Gasteiger partial charge on any atom is -0.387 e. The summed E-state index contributed by atoms with van der Waals surface area (Å²) in [4.78, 5) is 22.9. The molecule has 0 aliphatic carbocycles. The third-order valence-electron chi connectivity index (χ3n) is 3.37. The SMILES string of the molecule is CC(C(O)c1ccc2c(c1)NC(=O)CC(=O)N2)S(C)(=O)=O. The average Bonchev–Trinajstić information content (AvgIpc) is 2.51. The Labute approximate surface area is 122 Å². The molecule has 0 saturated heterocycles. The lowest BCUT2D eigenvalue weighted by Crippen LogP contribution is -2.24. The van der Waals surface area contributed by atoms with Gasteiger partial charge in [-0.15, -0.1) is 0 Å². The van der Waals surface area contributed by atoms with Gasteiger partial charge >= 0.3 is 0 Å². The molecule has 1 aromatic rings. The zero-order valence-electron chi connectivity index (χ0n) is 11.6. The van der Waals surface area contributed by atoms with Gasteiger partial charge in [-0.1, -0.05) is 6.07 Å². The maximum Gasteiger partial charge on any atom is 0.233 e. The van der Waals surface area contributed by atoms with Crippen LogP contribution in [0.2, 0.25) is 0 Å². The number of carbonyl (C=O) groups excluding carboxylic acids is 2. The van der Waals surface area contributed by atoms with Gasteiger partial charge in [0.1, 0.15) is 6.42 Å². The largest absolute Gasteiger partial charge is 0.387 e. The van der Waals surface area contributed by atoms with E-state index in [0.29, 0.717) is 16.9 Å². The van der Waals surface area contributed by atoms with E-state index >= 15 is 0 Å². The molecule has 1 aliphatic heterocycles. The Morgan fingerprint density at radius 3 is 2.29 bits per heavy atom. The third-order valence-corrected chi connectivity index (χ3v) is 4.98. The Morgan fingerprint density at radius 2 is 1.71 bits per heavy atom. The number of anilines is 2. The summed E-state index contributed by atoms with van der Waals surface area (Å²) in [5, 5.41) is 14.3. The second kappa shape index (κ2) is 5.45. The zero-order valence-corrected chi connectivity index (χ0v) is 12.4. The topological polar surface area (TPSA) is 113 Å². The fourth-order valence-corrected chi connectivity index (χ4v) is 2.62. The molecule has 7 nitrogen and oxygen atoms in total. The lowest BCUT2D eigenvalue weighted by molar-refractivity contribution is -0.123. The number of carbonyl (C=O) groups is 2. The summed E-state index contributed by atoms with van der Waals surface area (Å²) in [5.41, 5.74) is 1.10. The third kappa shape index (κ3) is 3.40. The van der Waals surface area contributed by atoms with Gasteiger partial charge in [-0.2, -0.15) is 0 Å². The summed E-state index contributed by atoms with van der Waals surface area (Å²) in [7, 11) is -3.41. The molecule has 0 spiro atoms. The van der Waals surface area contributed by atoms with Crippen molar-refractivity contribution in [2.24, 2.45) is 0 Å². The highest BCUT2D eigenvalue weighted by Gasteiger charge is 2.27. The molecule has 1 heterocycles. The minimum absolute atomic E-state index is 0.285. The lowest BCUT2D eigenvalue weighted by Gasteiger charge is -2.19. The molecular formula is C13H16N2O5S. The maximum atomic E-state index is 11.5. The van der Waals surface area contributed by atoms with Gasteiger partial charge in [-0.3, -0.25) is 9.59 Å². The molecule has 1 aliphatic rings. The Balaban J connectivity index is 2.37. The predicted molar refractivity (Wildman–Crippen MR) is 77.6 cm³/mol. The molecular weight excluding hydrogens is 296 g/mol. The summed E-state index contributed by atoms with van der Waals surface area (Å²) < 4.78 is 23.0. The van der Waals surface area contributed by atoms with E-state index in [1.54, 1.807) is 0 Å². The van der Waals surface area contributed by atoms with Crippen LogP contribution < -0.4 is 10.6 Å². The fraction of sp³-hybridized carbons (Fsp3) is 0.385. The van der Waals surface area contributed by atoms with Gasteiger partial charge in [0.15, 0.2) is 9.84 Å². The van der Waals surface area contributed by atoms with E-state index in [4.69, 9.17) is 0 Å². The summed E-state index contributed by atoms with van der Waals surface area (Å²) in [6.45, 7) is 1.41. The van der Waals surface area contributed by atoms with Crippen LogP contribution in [-0.4, -0.2) is 36.8 Å². The van der Waals surface area contributed by atoms with Crippen LogP contribution in [-0.2, 0) is 19.4 Å². The number of hydrogen-bond acceptors (Lipinski definition) is 5. The van der Waals surface area contributed by atoms with E-state index in [9.17, 15) is 23.1 Å². The van der Waals surface area contributed by atoms with Crippen molar-refractivity contribution in [1.29, 1.82) is 0 Å². The smallest absolute Gasteiger partial charge is 0.233 e. The monoisotopic (exact) mass is 312 g/mol. The first-order chi connectivity index (χ1) is 9.68. The molecule has 3 N–H and O–H groups in total. The molecule has 0 radical (unpaired) electrons. The Kier molecular flexibility index (Phi) is 4.02. The normalized spacial score (nSPS) is 18.0. The van der Waals surface area contributed by atoms with Crippen molar-refractivity contribution in [2.75, 3.05) is 16.9 Å². The number of aliphatic hydroxyl groups is 1. The molecule has 0 saturated carbocycles. The number of amides is 2. The van der Waals surface area contributed by atoms with E-state index in [2.05, 4.69) is 10.6 Å². The van der Waals surface area contributed by atoms with Gasteiger partial charge in [0, 0.05) is 6.26 Å². The average molecular weight is 312 g/mol. The lowest BCUT2D eigenvalue weighted by atomic mass is 10.1.